The van der Waals surface area contributed by atoms with Gasteiger partial charge in [-0.3, -0.25) is 9.59 Å². The van der Waals surface area contributed by atoms with E-state index in [0.29, 0.717) is 13.0 Å². The van der Waals surface area contributed by atoms with Crippen molar-refractivity contribution >= 4 is 11.9 Å². The van der Waals surface area contributed by atoms with Crippen molar-refractivity contribution in [2.75, 3.05) is 6.54 Å². The molecule has 0 saturated heterocycles. The average Bonchev–Trinajstić information content (AvgIpc) is 3.13. The largest absolute Gasteiger partial charge is 0.481 e. The minimum Gasteiger partial charge on any atom is -0.481 e. The minimum atomic E-state index is -0.866. The van der Waals surface area contributed by atoms with Gasteiger partial charge in [0.1, 0.15) is 0 Å². The molecule has 19 heavy (non-hydrogen) atoms. The molecule has 0 heterocycles. The maximum absolute atomic E-state index is 11.7. The highest BCUT2D eigenvalue weighted by Crippen LogP contribution is 2.38. The molecule has 1 aliphatic rings. The Bertz CT molecular complexity index is 490. The van der Waals surface area contributed by atoms with E-state index in [1.807, 2.05) is 6.07 Å². The SMILES string of the molecule is Cc1cccc(C)c1CCNC(=O)C1CC1C(=O)O. The highest BCUT2D eigenvalue weighted by atomic mass is 16.4. The molecule has 4 heteroatoms. The van der Waals surface area contributed by atoms with E-state index in [1.165, 1.54) is 16.7 Å². The zero-order chi connectivity index (χ0) is 14.0. The monoisotopic (exact) mass is 261 g/mol. The number of nitrogens with one attached hydrogen (secondary N) is 1. The Hall–Kier alpha value is -1.84. The summed E-state index contributed by atoms with van der Waals surface area (Å²) >= 11 is 0. The van der Waals surface area contributed by atoms with Crippen molar-refractivity contribution in [3.8, 4) is 0 Å². The third-order valence-electron chi connectivity index (χ3n) is 3.76. The second kappa shape index (κ2) is 5.43. The number of amides is 1. The third-order valence-corrected chi connectivity index (χ3v) is 3.76. The number of aliphatic carboxylic acids is 1. The van der Waals surface area contributed by atoms with E-state index in [-0.39, 0.29) is 11.8 Å². The molecule has 2 unspecified atom stereocenters. The van der Waals surface area contributed by atoms with E-state index in [0.717, 1.165) is 6.42 Å². The third kappa shape index (κ3) is 3.13. The maximum atomic E-state index is 11.7. The van der Waals surface area contributed by atoms with Crippen LogP contribution in [0.15, 0.2) is 18.2 Å². The topological polar surface area (TPSA) is 66.4 Å². The van der Waals surface area contributed by atoms with E-state index in [2.05, 4.69) is 31.3 Å². The highest BCUT2D eigenvalue weighted by Gasteiger charge is 2.48. The summed E-state index contributed by atoms with van der Waals surface area (Å²) in [7, 11) is 0. The molecule has 0 radical (unpaired) electrons. The van der Waals surface area contributed by atoms with Gasteiger partial charge in [-0.25, -0.2) is 0 Å². The van der Waals surface area contributed by atoms with Gasteiger partial charge in [0, 0.05) is 6.54 Å². The van der Waals surface area contributed by atoms with Gasteiger partial charge in [-0.1, -0.05) is 18.2 Å². The Morgan fingerprint density at radius 2 is 1.89 bits per heavy atom. The Balaban J connectivity index is 1.81. The summed E-state index contributed by atoms with van der Waals surface area (Å²) in [4.78, 5) is 22.4. The molecule has 0 aliphatic heterocycles. The number of carboxylic acid groups (broad SMARTS) is 1. The number of hydrogen-bond donors (Lipinski definition) is 2. The van der Waals surface area contributed by atoms with E-state index in [9.17, 15) is 9.59 Å². The van der Waals surface area contributed by atoms with Crippen LogP contribution in [0.4, 0.5) is 0 Å². The van der Waals surface area contributed by atoms with Gasteiger partial charge < -0.3 is 10.4 Å². The Labute approximate surface area is 112 Å². The first-order valence-corrected chi connectivity index (χ1v) is 6.56. The second-order valence-electron chi connectivity index (χ2n) is 5.20. The quantitative estimate of drug-likeness (QED) is 0.847. The van der Waals surface area contributed by atoms with Crippen molar-refractivity contribution in [3.63, 3.8) is 0 Å². The highest BCUT2D eigenvalue weighted by molar-refractivity contribution is 5.89. The number of carbonyl (C=O) groups is 2. The maximum Gasteiger partial charge on any atom is 0.307 e. The lowest BCUT2D eigenvalue weighted by atomic mass is 10.0. The first kappa shape index (κ1) is 13.6. The molecule has 2 rings (SSSR count). The number of benzene rings is 1. The molecular formula is C15H19NO3. The van der Waals surface area contributed by atoms with Gasteiger partial charge in [-0.15, -0.1) is 0 Å². The van der Waals surface area contributed by atoms with E-state index in [4.69, 9.17) is 5.11 Å². The van der Waals surface area contributed by atoms with Crippen LogP contribution in [0.3, 0.4) is 0 Å². The van der Waals surface area contributed by atoms with Gasteiger partial charge >= 0.3 is 5.97 Å². The van der Waals surface area contributed by atoms with Gasteiger partial charge in [-0.05, 0) is 43.4 Å². The normalized spacial score (nSPS) is 20.9. The standard InChI is InChI=1S/C15H19NO3/c1-9-4-3-5-10(2)11(9)6-7-16-14(17)12-8-13(12)15(18)19/h3-5,12-13H,6-8H2,1-2H3,(H,16,17)(H,18,19). The van der Waals surface area contributed by atoms with E-state index >= 15 is 0 Å². The fourth-order valence-electron chi connectivity index (χ4n) is 2.44. The molecule has 1 amide bonds. The first-order valence-electron chi connectivity index (χ1n) is 6.56. The average molecular weight is 261 g/mol. The summed E-state index contributed by atoms with van der Waals surface area (Å²) in [6.07, 6.45) is 1.26. The van der Waals surface area contributed by atoms with Gasteiger partial charge in [0.2, 0.25) is 5.91 Å². The van der Waals surface area contributed by atoms with Gasteiger partial charge in [0.05, 0.1) is 11.8 Å². The summed E-state index contributed by atoms with van der Waals surface area (Å²) in [5, 5.41) is 11.6. The molecule has 2 atom stereocenters. The Kier molecular flexibility index (Phi) is 3.88. The minimum absolute atomic E-state index is 0.126. The van der Waals surface area contributed by atoms with Crippen molar-refractivity contribution in [1.82, 2.24) is 5.32 Å². The lowest BCUT2D eigenvalue weighted by Gasteiger charge is -2.10. The van der Waals surface area contributed by atoms with Crippen LogP contribution in [-0.4, -0.2) is 23.5 Å². The fraction of sp³-hybridized carbons (Fsp3) is 0.467. The van der Waals surface area contributed by atoms with E-state index in [1.54, 1.807) is 0 Å². The second-order valence-corrected chi connectivity index (χ2v) is 5.20. The van der Waals surface area contributed by atoms with Crippen molar-refractivity contribution in [2.24, 2.45) is 11.8 Å². The molecule has 1 fully saturated rings. The molecule has 1 aromatic rings. The van der Waals surface area contributed by atoms with Crippen LogP contribution in [0.5, 0.6) is 0 Å². The smallest absolute Gasteiger partial charge is 0.307 e. The molecule has 0 aromatic heterocycles. The van der Waals surface area contributed by atoms with Crippen LogP contribution in [0.25, 0.3) is 0 Å². The number of hydrogen-bond acceptors (Lipinski definition) is 2. The van der Waals surface area contributed by atoms with Crippen LogP contribution in [0.2, 0.25) is 0 Å². The summed E-state index contributed by atoms with van der Waals surface area (Å²) in [6.45, 7) is 4.68. The molecule has 0 bridgehead atoms. The summed E-state index contributed by atoms with van der Waals surface area (Å²) in [5.74, 6) is -1.79. The van der Waals surface area contributed by atoms with Gasteiger partial charge in [0.15, 0.2) is 0 Å². The number of aryl methyl sites for hydroxylation is 2. The molecule has 1 aromatic carbocycles. The molecule has 4 nitrogen and oxygen atoms in total. The molecule has 2 N–H and O–H groups in total. The van der Waals surface area contributed by atoms with Crippen LogP contribution >= 0.6 is 0 Å². The zero-order valence-electron chi connectivity index (χ0n) is 11.3. The number of carboxylic acids is 1. The fourth-order valence-corrected chi connectivity index (χ4v) is 2.44. The zero-order valence-corrected chi connectivity index (χ0v) is 11.3. The molecule has 102 valence electrons. The summed E-state index contributed by atoms with van der Waals surface area (Å²) in [6, 6.07) is 6.14. The molecule has 0 spiro atoms. The van der Waals surface area contributed by atoms with Crippen LogP contribution in [-0.2, 0) is 16.0 Å². The van der Waals surface area contributed by atoms with Crippen LogP contribution < -0.4 is 5.32 Å². The van der Waals surface area contributed by atoms with Gasteiger partial charge in [0.25, 0.3) is 0 Å². The first-order chi connectivity index (χ1) is 9.00. The lowest BCUT2D eigenvalue weighted by molar-refractivity contribution is -0.140. The predicted octanol–water partition coefficient (Wildman–Crippen LogP) is 1.68. The molecular weight excluding hydrogens is 242 g/mol. The Morgan fingerprint density at radius 3 is 2.42 bits per heavy atom. The van der Waals surface area contributed by atoms with Crippen LogP contribution in [0, 0.1) is 25.7 Å². The predicted molar refractivity (Wildman–Crippen MR) is 71.9 cm³/mol. The number of carbonyl (C=O) groups excluding carboxylic acids is 1. The van der Waals surface area contributed by atoms with E-state index < -0.39 is 11.9 Å². The number of rotatable bonds is 5. The Morgan fingerprint density at radius 1 is 1.26 bits per heavy atom. The van der Waals surface area contributed by atoms with Gasteiger partial charge in [-0.2, -0.15) is 0 Å². The van der Waals surface area contributed by atoms with Crippen molar-refractivity contribution in [1.29, 1.82) is 0 Å². The van der Waals surface area contributed by atoms with Crippen molar-refractivity contribution < 1.29 is 14.7 Å². The van der Waals surface area contributed by atoms with Crippen molar-refractivity contribution in [2.45, 2.75) is 26.7 Å². The molecule has 1 saturated carbocycles. The van der Waals surface area contributed by atoms with Crippen molar-refractivity contribution in [3.05, 3.63) is 34.9 Å². The lowest BCUT2D eigenvalue weighted by Crippen LogP contribution is -2.28. The summed E-state index contributed by atoms with van der Waals surface area (Å²) < 4.78 is 0. The van der Waals surface area contributed by atoms with Crippen LogP contribution in [0.1, 0.15) is 23.1 Å². The summed E-state index contributed by atoms with van der Waals surface area (Å²) in [5.41, 5.74) is 3.71. The molecule has 1 aliphatic carbocycles.